The van der Waals surface area contributed by atoms with E-state index in [2.05, 4.69) is 58.1 Å². The number of nitrogens with zero attached hydrogens (tertiary/aromatic N) is 1. The lowest BCUT2D eigenvalue weighted by Gasteiger charge is -2.50. The van der Waals surface area contributed by atoms with Gasteiger partial charge in [0.05, 0.1) is 10.7 Å². The van der Waals surface area contributed by atoms with Gasteiger partial charge in [-0.1, -0.05) is 11.6 Å². The molecule has 1 aromatic carbocycles. The van der Waals surface area contributed by atoms with E-state index in [0.717, 1.165) is 5.02 Å². The van der Waals surface area contributed by atoms with Gasteiger partial charge in [-0.15, -0.1) is 0 Å². The fraction of sp³-hybridized carbons (Fsp3) is 0.600. The van der Waals surface area contributed by atoms with Crippen LogP contribution in [0.15, 0.2) is 18.2 Å². The first-order chi connectivity index (χ1) is 9.19. The minimum absolute atomic E-state index is 0.655. The zero-order valence-electron chi connectivity index (χ0n) is 11.2. The topological polar surface area (TPSA) is 15.3 Å². The fourth-order valence-corrected chi connectivity index (χ4v) is 4.65. The molecule has 0 radical (unpaired) electrons. The first-order valence-electron chi connectivity index (χ1n) is 7.09. The number of rotatable bonds is 2. The maximum Gasteiger partial charge on any atom is 0.0650 e. The summed E-state index contributed by atoms with van der Waals surface area (Å²) in [6.07, 6.45) is 6.46. The molecule has 0 aromatic heterocycles. The van der Waals surface area contributed by atoms with Crippen LogP contribution in [-0.2, 0) is 0 Å². The third-order valence-electron chi connectivity index (χ3n) is 4.57. The molecule has 0 spiro atoms. The smallest absolute Gasteiger partial charge is 0.0650 e. The van der Waals surface area contributed by atoms with Crippen LogP contribution in [0.4, 0.5) is 5.69 Å². The number of benzene rings is 1. The SMILES string of the molecule is CNC1CC2CCCC(C1)N2c1ccc(I)cc1Cl. The molecule has 0 aliphatic carbocycles. The van der Waals surface area contributed by atoms with Crippen molar-refractivity contribution in [2.75, 3.05) is 11.9 Å². The molecule has 0 amide bonds. The summed E-state index contributed by atoms with van der Waals surface area (Å²) in [5.41, 5.74) is 1.24. The van der Waals surface area contributed by atoms with Gasteiger partial charge in [-0.05, 0) is 79.9 Å². The lowest BCUT2D eigenvalue weighted by atomic mass is 9.81. The van der Waals surface area contributed by atoms with Crippen molar-refractivity contribution in [3.05, 3.63) is 26.8 Å². The highest BCUT2D eigenvalue weighted by Gasteiger charge is 2.38. The van der Waals surface area contributed by atoms with Crippen LogP contribution in [0.3, 0.4) is 0 Å². The minimum Gasteiger partial charge on any atom is -0.364 e. The Morgan fingerprint density at radius 1 is 1.26 bits per heavy atom. The second-order valence-corrected chi connectivity index (χ2v) is 7.35. The van der Waals surface area contributed by atoms with Crippen molar-refractivity contribution in [3.63, 3.8) is 0 Å². The lowest BCUT2D eigenvalue weighted by Crippen LogP contribution is -2.56. The minimum atomic E-state index is 0.655. The molecule has 19 heavy (non-hydrogen) atoms. The molecule has 1 N–H and O–H groups in total. The third-order valence-corrected chi connectivity index (χ3v) is 5.54. The summed E-state index contributed by atoms with van der Waals surface area (Å²) in [6.45, 7) is 0. The molecule has 4 heteroatoms. The standard InChI is InChI=1S/C15H20ClIN2/c1-18-11-8-12-3-2-4-13(9-11)19(12)15-6-5-10(17)7-14(15)16/h5-7,11-13,18H,2-4,8-9H2,1H3. The molecule has 3 rings (SSSR count). The second kappa shape index (κ2) is 5.78. The molecule has 104 valence electrons. The summed E-state index contributed by atoms with van der Waals surface area (Å²) >= 11 is 8.81. The maximum absolute atomic E-state index is 6.48. The molecule has 2 atom stereocenters. The summed E-state index contributed by atoms with van der Waals surface area (Å²) < 4.78 is 1.21. The molecule has 2 aliphatic heterocycles. The van der Waals surface area contributed by atoms with Gasteiger partial charge in [0.1, 0.15) is 0 Å². The van der Waals surface area contributed by atoms with E-state index in [9.17, 15) is 0 Å². The monoisotopic (exact) mass is 390 g/mol. The van der Waals surface area contributed by atoms with Crippen molar-refractivity contribution in [1.29, 1.82) is 0 Å². The van der Waals surface area contributed by atoms with E-state index in [1.807, 2.05) is 0 Å². The number of piperidine rings is 2. The lowest BCUT2D eigenvalue weighted by molar-refractivity contribution is 0.252. The molecule has 2 heterocycles. The van der Waals surface area contributed by atoms with E-state index >= 15 is 0 Å². The van der Waals surface area contributed by atoms with Crippen molar-refractivity contribution in [3.8, 4) is 0 Å². The number of anilines is 1. The predicted octanol–water partition coefficient (Wildman–Crippen LogP) is 4.05. The van der Waals surface area contributed by atoms with Crippen molar-refractivity contribution in [1.82, 2.24) is 5.32 Å². The fourth-order valence-electron chi connectivity index (χ4n) is 3.70. The van der Waals surface area contributed by atoms with Crippen LogP contribution < -0.4 is 10.2 Å². The van der Waals surface area contributed by atoms with Gasteiger partial charge in [0.15, 0.2) is 0 Å². The average Bonchev–Trinajstić information content (AvgIpc) is 2.37. The molecule has 2 saturated heterocycles. The van der Waals surface area contributed by atoms with E-state index in [0.29, 0.717) is 18.1 Å². The van der Waals surface area contributed by atoms with Gasteiger partial charge in [0.25, 0.3) is 0 Å². The highest BCUT2D eigenvalue weighted by Crippen LogP contribution is 2.40. The molecule has 2 nitrogen and oxygen atoms in total. The Balaban J connectivity index is 1.91. The number of hydrogen-bond acceptors (Lipinski definition) is 2. The van der Waals surface area contributed by atoms with Crippen LogP contribution in [-0.4, -0.2) is 25.2 Å². The summed E-state index contributed by atoms with van der Waals surface area (Å²) in [5, 5.41) is 4.38. The van der Waals surface area contributed by atoms with Crippen molar-refractivity contribution >= 4 is 39.9 Å². The third kappa shape index (κ3) is 2.74. The molecule has 0 saturated carbocycles. The van der Waals surface area contributed by atoms with Crippen molar-refractivity contribution in [2.24, 2.45) is 0 Å². The van der Waals surface area contributed by atoms with E-state index in [1.54, 1.807) is 0 Å². The Bertz CT molecular complexity index is 451. The molecule has 2 fully saturated rings. The van der Waals surface area contributed by atoms with Crippen molar-refractivity contribution < 1.29 is 0 Å². The van der Waals surface area contributed by atoms with Gasteiger partial charge in [-0.25, -0.2) is 0 Å². The first kappa shape index (κ1) is 14.0. The van der Waals surface area contributed by atoms with Crippen LogP contribution in [0.2, 0.25) is 5.02 Å². The summed E-state index contributed by atoms with van der Waals surface area (Å²) in [4.78, 5) is 2.61. The van der Waals surface area contributed by atoms with Gasteiger partial charge < -0.3 is 10.2 Å². The van der Waals surface area contributed by atoms with Gasteiger partial charge in [-0.3, -0.25) is 0 Å². The van der Waals surface area contributed by atoms with Crippen molar-refractivity contribution in [2.45, 2.75) is 50.2 Å². The van der Waals surface area contributed by atoms with E-state index < -0.39 is 0 Å². The number of fused-ring (bicyclic) bond motifs is 2. The van der Waals surface area contributed by atoms with Gasteiger partial charge in [-0.2, -0.15) is 0 Å². The van der Waals surface area contributed by atoms with Crippen LogP contribution in [0.1, 0.15) is 32.1 Å². The highest BCUT2D eigenvalue weighted by molar-refractivity contribution is 14.1. The van der Waals surface area contributed by atoms with Gasteiger partial charge in [0, 0.05) is 21.7 Å². The van der Waals surface area contributed by atoms with Crippen LogP contribution >= 0.6 is 34.2 Å². The van der Waals surface area contributed by atoms with E-state index in [4.69, 9.17) is 11.6 Å². The Hall–Kier alpha value is -0.0000000000000000555. The Morgan fingerprint density at radius 3 is 2.53 bits per heavy atom. The van der Waals surface area contributed by atoms with Gasteiger partial charge in [0.2, 0.25) is 0 Å². The zero-order chi connectivity index (χ0) is 13.4. The normalized spacial score (nSPS) is 30.5. The predicted molar refractivity (Wildman–Crippen MR) is 90.2 cm³/mol. The van der Waals surface area contributed by atoms with Crippen LogP contribution in [0.5, 0.6) is 0 Å². The maximum atomic E-state index is 6.48. The summed E-state index contributed by atoms with van der Waals surface area (Å²) in [5.74, 6) is 0. The molecule has 1 aromatic rings. The first-order valence-corrected chi connectivity index (χ1v) is 8.55. The number of hydrogen-bond donors (Lipinski definition) is 1. The summed E-state index contributed by atoms with van der Waals surface area (Å²) in [7, 11) is 2.09. The Kier molecular flexibility index (Phi) is 4.25. The van der Waals surface area contributed by atoms with E-state index in [1.165, 1.54) is 41.4 Å². The second-order valence-electron chi connectivity index (χ2n) is 5.70. The number of halogens is 2. The highest BCUT2D eigenvalue weighted by atomic mass is 127. The largest absolute Gasteiger partial charge is 0.364 e. The molecule has 2 aliphatic rings. The molecular formula is C15H20ClIN2. The number of nitrogens with one attached hydrogen (secondary N) is 1. The Labute approximate surface area is 134 Å². The zero-order valence-corrected chi connectivity index (χ0v) is 14.1. The van der Waals surface area contributed by atoms with Gasteiger partial charge >= 0.3 is 0 Å². The average molecular weight is 391 g/mol. The Morgan fingerprint density at radius 2 is 1.95 bits per heavy atom. The van der Waals surface area contributed by atoms with E-state index in [-0.39, 0.29) is 0 Å². The molecule has 2 unspecified atom stereocenters. The molecular weight excluding hydrogens is 371 g/mol. The van der Waals surface area contributed by atoms with Crippen LogP contribution in [0, 0.1) is 3.57 Å². The van der Waals surface area contributed by atoms with Crippen LogP contribution in [0.25, 0.3) is 0 Å². The molecule has 2 bridgehead atoms. The summed E-state index contributed by atoms with van der Waals surface area (Å²) in [6, 6.07) is 8.44. The quantitative estimate of drug-likeness (QED) is 0.766.